The molecule has 1 aromatic rings. The van der Waals surface area contributed by atoms with Crippen molar-refractivity contribution >= 4 is 17.2 Å². The maximum Gasteiger partial charge on any atom is 0.316 e. The maximum absolute atomic E-state index is 9.15. The van der Waals surface area contributed by atoms with E-state index in [2.05, 4.69) is 28.8 Å². The number of hydrogen-bond acceptors (Lipinski definition) is 6. The Labute approximate surface area is 154 Å². The molecule has 1 aromatic heterocycles. The summed E-state index contributed by atoms with van der Waals surface area (Å²) < 4.78 is 5.64. The fourth-order valence-electron chi connectivity index (χ4n) is 1.99. The molecule has 1 unspecified atom stereocenters. The highest BCUT2D eigenvalue weighted by Gasteiger charge is 2.16. The Balaban J connectivity index is 2.84. The van der Waals surface area contributed by atoms with Crippen LogP contribution < -0.4 is 15.8 Å². The first-order valence-electron chi connectivity index (χ1n) is 7.86. The molecule has 0 bridgehead atoms. The number of nitrogens with two attached hydrogens (primary N) is 1. The van der Waals surface area contributed by atoms with Crippen LogP contribution in [-0.2, 0) is 0 Å². The van der Waals surface area contributed by atoms with Crippen LogP contribution in [0, 0.1) is 11.3 Å². The third-order valence-corrected chi connectivity index (χ3v) is 3.39. The van der Waals surface area contributed by atoms with E-state index in [0.717, 1.165) is 18.7 Å². The summed E-state index contributed by atoms with van der Waals surface area (Å²) in [4.78, 5) is 8.35. The van der Waals surface area contributed by atoms with Gasteiger partial charge in [-0.15, -0.1) is 0 Å². The number of nitriles is 1. The van der Waals surface area contributed by atoms with Crippen LogP contribution in [0.15, 0.2) is 48.2 Å². The molecular weight excluding hydrogens is 334 g/mol. The van der Waals surface area contributed by atoms with Crippen molar-refractivity contribution in [3.8, 4) is 12.1 Å². The van der Waals surface area contributed by atoms with Crippen molar-refractivity contribution in [1.82, 2.24) is 15.3 Å². The van der Waals surface area contributed by atoms with Crippen molar-refractivity contribution in [1.29, 1.82) is 5.26 Å². The number of nitrogens with zero attached hydrogens (tertiary/aromatic N) is 3. The largest absolute Gasteiger partial charge is 0.459 e. The highest BCUT2D eigenvalue weighted by atomic mass is 32.1. The molecule has 0 saturated heterocycles. The lowest BCUT2D eigenvalue weighted by molar-refractivity contribution is 0.325. The number of likely N-dealkylation sites (N-methyl/N-ethyl adjacent to an activating group) is 1. The van der Waals surface area contributed by atoms with E-state index in [9.17, 15) is 0 Å². The predicted octanol–water partition coefficient (Wildman–Crippen LogP) is 2.42. The molecule has 0 radical (unpaired) electrons. The van der Waals surface area contributed by atoms with Crippen molar-refractivity contribution in [3.05, 3.63) is 53.9 Å². The summed E-state index contributed by atoms with van der Waals surface area (Å²) in [6, 6.07) is 3.79. The number of thiocarbonyl (C=S) groups is 1. The summed E-state index contributed by atoms with van der Waals surface area (Å²) in [5.74, 6) is -0.759. The number of rotatable bonds is 10. The molecule has 0 amide bonds. The van der Waals surface area contributed by atoms with Crippen molar-refractivity contribution in [2.45, 2.75) is 19.8 Å². The predicted molar refractivity (Wildman–Crippen MR) is 103 cm³/mol. The molecule has 7 heteroatoms. The highest BCUT2D eigenvalue weighted by molar-refractivity contribution is 7.80. The Morgan fingerprint density at radius 3 is 2.96 bits per heavy atom. The van der Waals surface area contributed by atoms with Gasteiger partial charge in [0.1, 0.15) is 12.5 Å². The van der Waals surface area contributed by atoms with E-state index in [1.807, 2.05) is 25.1 Å². The van der Waals surface area contributed by atoms with Crippen LogP contribution in [0.2, 0.25) is 0 Å². The molecule has 3 N–H and O–H groups in total. The Hall–Kier alpha value is -2.56. The Morgan fingerprint density at radius 2 is 2.36 bits per heavy atom. The third-order valence-electron chi connectivity index (χ3n) is 3.15. The highest BCUT2D eigenvalue weighted by Crippen LogP contribution is 2.15. The minimum Gasteiger partial charge on any atom is -0.459 e. The molecule has 0 aliphatic carbocycles. The van der Waals surface area contributed by atoms with E-state index >= 15 is 0 Å². The lowest BCUT2D eigenvalue weighted by atomic mass is 10.1. The van der Waals surface area contributed by atoms with Gasteiger partial charge in [-0.05, 0) is 25.1 Å². The fourth-order valence-corrected chi connectivity index (χ4v) is 2.16. The molecule has 0 spiro atoms. The summed E-state index contributed by atoms with van der Waals surface area (Å²) >= 11 is 4.88. The fraction of sp³-hybridized carbons (Fsp3) is 0.333. The molecule has 0 fully saturated rings. The van der Waals surface area contributed by atoms with E-state index in [1.54, 1.807) is 12.1 Å². The molecule has 0 aliphatic rings. The SMILES string of the molecule is C=CC=C(C=C(C)CNCC)COc1nccc(C(C#N)C(N)=S)n1. The van der Waals surface area contributed by atoms with E-state index < -0.39 is 5.92 Å². The summed E-state index contributed by atoms with van der Waals surface area (Å²) in [6.07, 6.45) is 7.11. The average Bonchev–Trinajstić information content (AvgIpc) is 2.59. The summed E-state index contributed by atoms with van der Waals surface area (Å²) in [7, 11) is 0. The molecule has 1 atom stereocenters. The lowest BCUT2D eigenvalue weighted by Crippen LogP contribution is -2.19. The van der Waals surface area contributed by atoms with Crippen molar-refractivity contribution < 1.29 is 4.74 Å². The molecule has 0 aromatic carbocycles. The maximum atomic E-state index is 9.15. The average molecular weight is 357 g/mol. The van der Waals surface area contributed by atoms with Crippen molar-refractivity contribution in [2.24, 2.45) is 5.73 Å². The van der Waals surface area contributed by atoms with Gasteiger partial charge >= 0.3 is 6.01 Å². The summed E-state index contributed by atoms with van der Waals surface area (Å²) in [5, 5.41) is 12.4. The second-order valence-electron chi connectivity index (χ2n) is 5.27. The van der Waals surface area contributed by atoms with Crippen LogP contribution in [0.1, 0.15) is 25.5 Å². The standard InChI is InChI=1S/C18H23N5OS/c1-4-6-14(9-13(3)11-21-5-2)12-24-18-22-8-7-16(23-18)15(10-19)17(20)25/h4,6-9,15,21H,1,5,11-12H2,2-3H3,(H2,20,25). The van der Waals surface area contributed by atoms with Crippen molar-refractivity contribution in [3.63, 3.8) is 0 Å². The molecule has 25 heavy (non-hydrogen) atoms. The van der Waals surface area contributed by atoms with Crippen LogP contribution in [0.25, 0.3) is 0 Å². The van der Waals surface area contributed by atoms with Crippen LogP contribution in [0.3, 0.4) is 0 Å². The second kappa shape index (κ2) is 11.1. The smallest absolute Gasteiger partial charge is 0.316 e. The van der Waals surface area contributed by atoms with Gasteiger partial charge in [0.15, 0.2) is 0 Å². The zero-order valence-electron chi connectivity index (χ0n) is 14.5. The van der Waals surface area contributed by atoms with E-state index in [4.69, 9.17) is 28.0 Å². The third kappa shape index (κ3) is 7.25. The number of allylic oxidation sites excluding steroid dienone is 2. The van der Waals surface area contributed by atoms with Gasteiger partial charge in [0, 0.05) is 12.7 Å². The van der Waals surface area contributed by atoms with Gasteiger partial charge in [0.05, 0.1) is 16.8 Å². The number of ether oxygens (including phenoxy) is 1. The second-order valence-corrected chi connectivity index (χ2v) is 5.74. The van der Waals surface area contributed by atoms with E-state index in [1.165, 1.54) is 11.8 Å². The first-order chi connectivity index (χ1) is 12.0. The van der Waals surface area contributed by atoms with Gasteiger partial charge in [-0.1, -0.05) is 49.5 Å². The van der Waals surface area contributed by atoms with Gasteiger partial charge in [0.2, 0.25) is 0 Å². The Bertz CT molecular complexity index is 706. The summed E-state index contributed by atoms with van der Waals surface area (Å²) in [6.45, 7) is 9.81. The van der Waals surface area contributed by atoms with Gasteiger partial charge in [0.25, 0.3) is 0 Å². The zero-order valence-corrected chi connectivity index (χ0v) is 15.3. The monoisotopic (exact) mass is 357 g/mol. The first-order valence-corrected chi connectivity index (χ1v) is 8.26. The quantitative estimate of drug-likeness (QED) is 0.490. The molecule has 0 aliphatic heterocycles. The van der Waals surface area contributed by atoms with Gasteiger partial charge < -0.3 is 15.8 Å². The van der Waals surface area contributed by atoms with Gasteiger partial charge in [-0.2, -0.15) is 10.2 Å². The topological polar surface area (TPSA) is 96.8 Å². The summed E-state index contributed by atoms with van der Waals surface area (Å²) in [5.41, 5.74) is 8.09. The molecule has 6 nitrogen and oxygen atoms in total. The Morgan fingerprint density at radius 1 is 1.60 bits per heavy atom. The molecule has 132 valence electrons. The van der Waals surface area contributed by atoms with E-state index in [0.29, 0.717) is 5.69 Å². The van der Waals surface area contributed by atoms with E-state index in [-0.39, 0.29) is 17.6 Å². The minimum atomic E-state index is -0.759. The molecule has 1 rings (SSSR count). The Kier molecular flexibility index (Phi) is 9.07. The van der Waals surface area contributed by atoms with Crippen LogP contribution >= 0.6 is 12.2 Å². The molecular formula is C18H23N5OS. The number of hydrogen-bond donors (Lipinski definition) is 2. The molecule has 1 heterocycles. The van der Waals surface area contributed by atoms with Crippen LogP contribution in [0.5, 0.6) is 6.01 Å². The van der Waals surface area contributed by atoms with Gasteiger partial charge in [-0.3, -0.25) is 0 Å². The lowest BCUT2D eigenvalue weighted by Gasteiger charge is -2.10. The number of nitrogens with one attached hydrogen (secondary N) is 1. The minimum absolute atomic E-state index is 0.0707. The molecule has 0 saturated carbocycles. The van der Waals surface area contributed by atoms with Crippen LogP contribution in [-0.4, -0.2) is 34.7 Å². The number of aromatic nitrogens is 2. The van der Waals surface area contributed by atoms with Crippen LogP contribution in [0.4, 0.5) is 0 Å². The normalized spacial score (nSPS) is 13.0. The zero-order chi connectivity index (χ0) is 18.7. The van der Waals surface area contributed by atoms with Gasteiger partial charge in [-0.25, -0.2) is 4.98 Å². The van der Waals surface area contributed by atoms with Crippen molar-refractivity contribution in [2.75, 3.05) is 19.7 Å². The first kappa shape index (κ1) is 20.5.